The molecule has 0 amide bonds. The van der Waals surface area contributed by atoms with E-state index in [9.17, 15) is 0 Å². The summed E-state index contributed by atoms with van der Waals surface area (Å²) in [4.78, 5) is 8.31. The lowest BCUT2D eigenvalue weighted by molar-refractivity contribution is 0.413. The summed E-state index contributed by atoms with van der Waals surface area (Å²) in [6, 6.07) is 0. The molecule has 3 heteroatoms. The largest absolute Gasteiger partial charge is 0.309 e. The fourth-order valence-electron chi connectivity index (χ4n) is 1.56. The average Bonchev–Trinajstić information content (AvgIpc) is 2.57. The molecule has 1 heterocycles. The van der Waals surface area contributed by atoms with Crippen LogP contribution in [0.5, 0.6) is 0 Å². The van der Waals surface area contributed by atoms with E-state index >= 15 is 0 Å². The number of thiazole rings is 1. The van der Waals surface area contributed by atoms with E-state index in [0.29, 0.717) is 0 Å². The molecule has 0 saturated carbocycles. The van der Waals surface area contributed by atoms with Crippen LogP contribution in [-0.2, 0) is 12.8 Å². The molecule has 0 atom stereocenters. The van der Waals surface area contributed by atoms with Gasteiger partial charge < -0.3 is 4.90 Å². The number of aromatic nitrogens is 1. The molecule has 1 aromatic heterocycles. The third-order valence-electron chi connectivity index (χ3n) is 2.36. The topological polar surface area (TPSA) is 16.1 Å². The highest BCUT2D eigenvalue weighted by molar-refractivity contribution is 7.11. The number of hydrogen-bond donors (Lipinski definition) is 0. The summed E-state index contributed by atoms with van der Waals surface area (Å²) in [6.07, 6.45) is 7.83. The summed E-state index contributed by atoms with van der Waals surface area (Å²) in [5.41, 5.74) is 1.22. The second-order valence-electron chi connectivity index (χ2n) is 3.91. The van der Waals surface area contributed by atoms with E-state index < -0.39 is 0 Å². The van der Waals surface area contributed by atoms with Gasteiger partial charge in [0.25, 0.3) is 0 Å². The van der Waals surface area contributed by atoms with E-state index in [2.05, 4.69) is 36.1 Å². The van der Waals surface area contributed by atoms with Gasteiger partial charge in [0.1, 0.15) is 0 Å². The molecule has 0 bridgehead atoms. The van der Waals surface area contributed by atoms with E-state index in [0.717, 1.165) is 13.0 Å². The molecule has 0 fully saturated rings. The Hall–Kier alpha value is -0.670. The van der Waals surface area contributed by atoms with Crippen molar-refractivity contribution in [1.82, 2.24) is 9.88 Å². The number of rotatable bonds is 3. The van der Waals surface area contributed by atoms with Crippen LogP contribution in [0.25, 0.3) is 6.08 Å². The van der Waals surface area contributed by atoms with E-state index in [1.165, 1.54) is 28.4 Å². The number of fused-ring (bicyclic) bond motifs is 1. The van der Waals surface area contributed by atoms with Crippen molar-refractivity contribution in [2.24, 2.45) is 0 Å². The zero-order valence-electron chi connectivity index (χ0n) is 8.79. The van der Waals surface area contributed by atoms with E-state index in [1.807, 2.05) is 11.3 Å². The molecule has 0 aromatic carbocycles. The fraction of sp³-hybridized carbons (Fsp3) is 0.545. The van der Waals surface area contributed by atoms with Crippen molar-refractivity contribution < 1.29 is 0 Å². The van der Waals surface area contributed by atoms with Crippen molar-refractivity contribution in [3.05, 3.63) is 21.7 Å². The van der Waals surface area contributed by atoms with Gasteiger partial charge >= 0.3 is 0 Å². The molecule has 76 valence electrons. The SMILES string of the molecule is CN(C)CCc1nc2c(s1)CCC=C2. The van der Waals surface area contributed by atoms with Gasteiger partial charge in [-0.2, -0.15) is 0 Å². The Bertz CT molecular complexity index is 339. The van der Waals surface area contributed by atoms with Crippen LogP contribution >= 0.6 is 11.3 Å². The van der Waals surface area contributed by atoms with Crippen LogP contribution in [0, 0.1) is 0 Å². The molecule has 0 saturated heterocycles. The summed E-state index contributed by atoms with van der Waals surface area (Å²) in [5, 5.41) is 1.29. The van der Waals surface area contributed by atoms with Crippen LogP contribution < -0.4 is 0 Å². The van der Waals surface area contributed by atoms with Crippen LogP contribution in [0.1, 0.15) is 22.0 Å². The minimum atomic E-state index is 1.08. The van der Waals surface area contributed by atoms with E-state index in [4.69, 9.17) is 0 Å². The van der Waals surface area contributed by atoms with Crippen molar-refractivity contribution in [3.63, 3.8) is 0 Å². The second-order valence-corrected chi connectivity index (χ2v) is 5.08. The summed E-state index contributed by atoms with van der Waals surface area (Å²) < 4.78 is 0. The first-order valence-electron chi connectivity index (χ1n) is 5.05. The van der Waals surface area contributed by atoms with Gasteiger partial charge in [0.05, 0.1) is 10.7 Å². The van der Waals surface area contributed by atoms with E-state index in [-0.39, 0.29) is 0 Å². The quantitative estimate of drug-likeness (QED) is 0.757. The van der Waals surface area contributed by atoms with Gasteiger partial charge in [-0.15, -0.1) is 11.3 Å². The van der Waals surface area contributed by atoms with Crippen LogP contribution in [0.2, 0.25) is 0 Å². The van der Waals surface area contributed by atoms with Gasteiger partial charge in [0, 0.05) is 17.8 Å². The highest BCUT2D eigenvalue weighted by atomic mass is 32.1. The van der Waals surface area contributed by atoms with Gasteiger partial charge in [-0.1, -0.05) is 6.08 Å². The molecule has 1 aliphatic rings. The second kappa shape index (κ2) is 4.24. The van der Waals surface area contributed by atoms with Gasteiger partial charge in [0.15, 0.2) is 0 Å². The molecule has 14 heavy (non-hydrogen) atoms. The Balaban J connectivity index is 2.06. The maximum absolute atomic E-state index is 4.63. The molecule has 2 nitrogen and oxygen atoms in total. The Morgan fingerprint density at radius 1 is 1.50 bits per heavy atom. The molecule has 0 N–H and O–H groups in total. The highest BCUT2D eigenvalue weighted by Crippen LogP contribution is 2.25. The lowest BCUT2D eigenvalue weighted by Gasteiger charge is -2.06. The third-order valence-corrected chi connectivity index (χ3v) is 3.55. The van der Waals surface area contributed by atoms with Gasteiger partial charge in [-0.3, -0.25) is 0 Å². The predicted molar refractivity (Wildman–Crippen MR) is 61.7 cm³/mol. The van der Waals surface area contributed by atoms with Crippen LogP contribution in [0.4, 0.5) is 0 Å². The fourth-order valence-corrected chi connectivity index (χ4v) is 2.62. The van der Waals surface area contributed by atoms with Crippen LogP contribution in [-0.4, -0.2) is 30.5 Å². The molecule has 1 aromatic rings. The first-order chi connectivity index (χ1) is 6.75. The monoisotopic (exact) mass is 208 g/mol. The molecule has 0 aliphatic heterocycles. The summed E-state index contributed by atoms with van der Waals surface area (Å²) in [7, 11) is 4.21. The van der Waals surface area contributed by atoms with Crippen molar-refractivity contribution >= 4 is 17.4 Å². The predicted octanol–water partition coefficient (Wildman–Crippen LogP) is 2.21. The van der Waals surface area contributed by atoms with Crippen molar-refractivity contribution in [1.29, 1.82) is 0 Å². The molecule has 0 radical (unpaired) electrons. The first-order valence-corrected chi connectivity index (χ1v) is 5.87. The van der Waals surface area contributed by atoms with Crippen LogP contribution in [0.3, 0.4) is 0 Å². The lowest BCUT2D eigenvalue weighted by Crippen LogP contribution is -2.14. The number of nitrogens with zero attached hydrogens (tertiary/aromatic N) is 2. The third kappa shape index (κ3) is 2.22. The average molecular weight is 208 g/mol. The van der Waals surface area contributed by atoms with Gasteiger partial charge in [-0.25, -0.2) is 4.98 Å². The molecule has 0 unspecified atom stereocenters. The minimum Gasteiger partial charge on any atom is -0.309 e. The zero-order valence-corrected chi connectivity index (χ0v) is 9.60. The van der Waals surface area contributed by atoms with Crippen molar-refractivity contribution in [2.45, 2.75) is 19.3 Å². The molecule has 1 aliphatic carbocycles. The minimum absolute atomic E-state index is 1.08. The van der Waals surface area contributed by atoms with Crippen molar-refractivity contribution in [2.75, 3.05) is 20.6 Å². The lowest BCUT2D eigenvalue weighted by atomic mass is 10.1. The zero-order chi connectivity index (χ0) is 9.97. The maximum Gasteiger partial charge on any atom is 0.0947 e. The molecule has 0 spiro atoms. The summed E-state index contributed by atoms with van der Waals surface area (Å²) in [6.45, 7) is 1.09. The number of hydrogen-bond acceptors (Lipinski definition) is 3. The number of allylic oxidation sites excluding steroid dienone is 1. The Morgan fingerprint density at radius 2 is 2.36 bits per heavy atom. The van der Waals surface area contributed by atoms with Crippen LogP contribution in [0.15, 0.2) is 6.08 Å². The van der Waals surface area contributed by atoms with Crippen molar-refractivity contribution in [3.8, 4) is 0 Å². The summed E-state index contributed by atoms with van der Waals surface area (Å²) in [5.74, 6) is 0. The number of likely N-dealkylation sites (N-methyl/N-ethyl adjacent to an activating group) is 1. The smallest absolute Gasteiger partial charge is 0.0947 e. The first kappa shape index (κ1) is 9.87. The highest BCUT2D eigenvalue weighted by Gasteiger charge is 2.10. The maximum atomic E-state index is 4.63. The standard InChI is InChI=1S/C11H16N2S/c1-13(2)8-7-11-12-9-5-3-4-6-10(9)14-11/h3,5H,4,6-8H2,1-2H3. The van der Waals surface area contributed by atoms with Gasteiger partial charge in [-0.05, 0) is 33.0 Å². The number of aryl methyl sites for hydroxylation is 1. The normalized spacial score (nSPS) is 14.8. The van der Waals surface area contributed by atoms with E-state index in [1.54, 1.807) is 0 Å². The Labute approximate surface area is 89.3 Å². The summed E-state index contributed by atoms with van der Waals surface area (Å²) >= 11 is 1.89. The Kier molecular flexibility index (Phi) is 2.99. The molecular formula is C11H16N2S. The molecular weight excluding hydrogens is 192 g/mol. The molecule has 2 rings (SSSR count). The Morgan fingerprint density at radius 3 is 3.07 bits per heavy atom. The van der Waals surface area contributed by atoms with Gasteiger partial charge in [0.2, 0.25) is 0 Å².